The minimum Gasteiger partial charge on any atom is -0.378 e. The molecule has 0 bridgehead atoms. The fourth-order valence-electron chi connectivity index (χ4n) is 1.56. The summed E-state index contributed by atoms with van der Waals surface area (Å²) < 4.78 is 1.21. The van der Waals surface area contributed by atoms with Crippen LogP contribution in [0.4, 0.5) is 11.4 Å². The minimum atomic E-state index is 0.972. The molecule has 0 atom stereocenters. The van der Waals surface area contributed by atoms with Crippen molar-refractivity contribution in [3.05, 3.63) is 57.7 Å². The average molecular weight is 350 g/mol. The lowest BCUT2D eigenvalue weighted by Crippen LogP contribution is -2.07. The third kappa shape index (κ3) is 3.32. The fourth-order valence-corrected chi connectivity index (χ4v) is 2.09. The van der Waals surface area contributed by atoms with E-state index in [0.29, 0.717) is 0 Å². The van der Waals surface area contributed by atoms with Crippen molar-refractivity contribution in [2.45, 2.75) is 0 Å². The van der Waals surface area contributed by atoms with E-state index in [1.807, 2.05) is 44.6 Å². The number of hydrogen-bond donors (Lipinski definition) is 0. The third-order valence-corrected chi connectivity index (χ3v) is 3.61. The molecule has 2 nitrogen and oxygen atoms in total. The van der Waals surface area contributed by atoms with E-state index < -0.39 is 0 Å². The minimum absolute atomic E-state index is 0.972. The summed E-state index contributed by atoms with van der Waals surface area (Å²) in [5.74, 6) is 0. The maximum absolute atomic E-state index is 4.49. The molecule has 0 unspecified atom stereocenters. The van der Waals surface area contributed by atoms with Gasteiger partial charge in [0.25, 0.3) is 0 Å². The molecule has 18 heavy (non-hydrogen) atoms. The molecule has 0 aromatic heterocycles. The van der Waals surface area contributed by atoms with Crippen molar-refractivity contribution in [2.75, 3.05) is 19.0 Å². The summed E-state index contributed by atoms with van der Waals surface area (Å²) in [4.78, 5) is 6.57. The number of hydrogen-bond acceptors (Lipinski definition) is 2. The van der Waals surface area contributed by atoms with Crippen LogP contribution in [0.15, 0.2) is 53.5 Å². The molecular formula is C15H15IN2. The van der Waals surface area contributed by atoms with Crippen molar-refractivity contribution >= 4 is 40.2 Å². The highest BCUT2D eigenvalue weighted by Gasteiger charge is 1.96. The Kier molecular flexibility index (Phi) is 4.36. The standard InChI is InChI=1S/C15H15IN2/c1-18(2)14-9-7-13(8-10-14)17-11-12-5-3-4-6-15(12)16/h3-11H,1-2H3. The first-order chi connectivity index (χ1) is 8.66. The van der Waals surface area contributed by atoms with E-state index in [2.05, 4.69) is 56.7 Å². The van der Waals surface area contributed by atoms with Crippen LogP contribution in [0.3, 0.4) is 0 Å². The second-order valence-corrected chi connectivity index (χ2v) is 5.35. The molecule has 0 saturated carbocycles. The van der Waals surface area contributed by atoms with E-state index in [0.717, 1.165) is 11.3 Å². The van der Waals surface area contributed by atoms with Crippen LogP contribution in [0.2, 0.25) is 0 Å². The first kappa shape index (κ1) is 13.1. The van der Waals surface area contributed by atoms with Crippen LogP contribution in [-0.4, -0.2) is 20.3 Å². The Morgan fingerprint density at radius 1 is 1.00 bits per heavy atom. The highest BCUT2D eigenvalue weighted by atomic mass is 127. The number of anilines is 1. The summed E-state index contributed by atoms with van der Waals surface area (Å²) >= 11 is 2.32. The molecule has 0 aliphatic rings. The van der Waals surface area contributed by atoms with Crippen molar-refractivity contribution in [3.63, 3.8) is 0 Å². The second-order valence-electron chi connectivity index (χ2n) is 4.19. The molecule has 0 spiro atoms. The van der Waals surface area contributed by atoms with Crippen LogP contribution in [0.1, 0.15) is 5.56 Å². The topological polar surface area (TPSA) is 15.6 Å². The summed E-state index contributed by atoms with van der Waals surface area (Å²) in [6.07, 6.45) is 1.91. The largest absolute Gasteiger partial charge is 0.378 e. The Labute approximate surface area is 122 Å². The Hall–Kier alpha value is -1.36. The van der Waals surface area contributed by atoms with Gasteiger partial charge in [-0.2, -0.15) is 0 Å². The molecule has 2 rings (SSSR count). The number of rotatable bonds is 3. The molecule has 2 aromatic carbocycles. The lowest BCUT2D eigenvalue weighted by Gasteiger charge is -2.11. The summed E-state index contributed by atoms with van der Waals surface area (Å²) in [5, 5.41) is 0. The number of nitrogens with zero attached hydrogens (tertiary/aromatic N) is 2. The molecule has 3 heteroatoms. The van der Waals surface area contributed by atoms with Crippen molar-refractivity contribution < 1.29 is 0 Å². The summed E-state index contributed by atoms with van der Waals surface area (Å²) in [5.41, 5.74) is 3.30. The van der Waals surface area contributed by atoms with Gasteiger partial charge in [-0.25, -0.2) is 0 Å². The first-order valence-corrected chi connectivity index (χ1v) is 6.80. The maximum Gasteiger partial charge on any atom is 0.0631 e. The number of aliphatic imine (C=N–C) groups is 1. The monoisotopic (exact) mass is 350 g/mol. The summed E-state index contributed by atoms with van der Waals surface area (Å²) in [6, 6.07) is 16.4. The first-order valence-electron chi connectivity index (χ1n) is 5.73. The van der Waals surface area contributed by atoms with Crippen molar-refractivity contribution in [1.82, 2.24) is 0 Å². The van der Waals surface area contributed by atoms with Gasteiger partial charge in [0.15, 0.2) is 0 Å². The Morgan fingerprint density at radius 3 is 2.28 bits per heavy atom. The van der Waals surface area contributed by atoms with Gasteiger partial charge in [0.1, 0.15) is 0 Å². The second kappa shape index (κ2) is 6.00. The molecule has 2 aromatic rings. The van der Waals surface area contributed by atoms with Gasteiger partial charge in [0, 0.05) is 35.1 Å². The SMILES string of the molecule is CN(C)c1ccc(N=Cc2ccccc2I)cc1. The molecule has 0 aliphatic carbocycles. The molecule has 0 fully saturated rings. The zero-order valence-electron chi connectivity index (χ0n) is 10.5. The van der Waals surface area contributed by atoms with E-state index in [4.69, 9.17) is 0 Å². The predicted octanol–water partition coefficient (Wildman–Crippen LogP) is 4.11. The van der Waals surface area contributed by atoms with Gasteiger partial charge in [-0.15, -0.1) is 0 Å². The van der Waals surface area contributed by atoms with Gasteiger partial charge in [-0.1, -0.05) is 18.2 Å². The van der Waals surface area contributed by atoms with Crippen LogP contribution in [-0.2, 0) is 0 Å². The van der Waals surface area contributed by atoms with E-state index in [-0.39, 0.29) is 0 Å². The van der Waals surface area contributed by atoms with E-state index in [1.54, 1.807) is 0 Å². The Morgan fingerprint density at radius 2 is 1.67 bits per heavy atom. The van der Waals surface area contributed by atoms with Gasteiger partial charge in [-0.3, -0.25) is 4.99 Å². The van der Waals surface area contributed by atoms with Crippen LogP contribution >= 0.6 is 22.6 Å². The molecule has 0 saturated heterocycles. The van der Waals surface area contributed by atoms with Gasteiger partial charge < -0.3 is 4.90 Å². The highest BCUT2D eigenvalue weighted by Crippen LogP contribution is 2.18. The lowest BCUT2D eigenvalue weighted by atomic mass is 10.2. The van der Waals surface area contributed by atoms with Crippen LogP contribution in [0, 0.1) is 3.57 Å². The zero-order valence-corrected chi connectivity index (χ0v) is 12.6. The number of benzene rings is 2. The molecular weight excluding hydrogens is 335 g/mol. The molecule has 0 aliphatic heterocycles. The van der Waals surface area contributed by atoms with E-state index in [9.17, 15) is 0 Å². The summed E-state index contributed by atoms with van der Waals surface area (Å²) in [7, 11) is 4.06. The fraction of sp³-hybridized carbons (Fsp3) is 0.133. The zero-order chi connectivity index (χ0) is 13.0. The third-order valence-electron chi connectivity index (χ3n) is 2.62. The Bertz CT molecular complexity index is 545. The van der Waals surface area contributed by atoms with E-state index >= 15 is 0 Å². The van der Waals surface area contributed by atoms with Crippen LogP contribution < -0.4 is 4.90 Å². The molecule has 92 valence electrons. The molecule has 0 radical (unpaired) electrons. The van der Waals surface area contributed by atoms with E-state index in [1.165, 1.54) is 9.26 Å². The number of halogens is 1. The average Bonchev–Trinajstić information content (AvgIpc) is 2.38. The van der Waals surface area contributed by atoms with Gasteiger partial charge in [-0.05, 0) is 52.9 Å². The Balaban J connectivity index is 2.17. The molecule has 0 amide bonds. The quantitative estimate of drug-likeness (QED) is 0.601. The summed E-state index contributed by atoms with van der Waals surface area (Å²) in [6.45, 7) is 0. The maximum atomic E-state index is 4.49. The van der Waals surface area contributed by atoms with Crippen LogP contribution in [0.25, 0.3) is 0 Å². The van der Waals surface area contributed by atoms with Crippen molar-refractivity contribution in [2.24, 2.45) is 4.99 Å². The molecule has 0 heterocycles. The normalized spacial score (nSPS) is 10.8. The predicted molar refractivity (Wildman–Crippen MR) is 87.2 cm³/mol. The van der Waals surface area contributed by atoms with Gasteiger partial charge >= 0.3 is 0 Å². The van der Waals surface area contributed by atoms with Crippen molar-refractivity contribution in [1.29, 1.82) is 0 Å². The highest BCUT2D eigenvalue weighted by molar-refractivity contribution is 14.1. The van der Waals surface area contributed by atoms with Crippen LogP contribution in [0.5, 0.6) is 0 Å². The van der Waals surface area contributed by atoms with Gasteiger partial charge in [0.2, 0.25) is 0 Å². The smallest absolute Gasteiger partial charge is 0.0631 e. The lowest BCUT2D eigenvalue weighted by molar-refractivity contribution is 1.13. The van der Waals surface area contributed by atoms with Gasteiger partial charge in [0.05, 0.1) is 5.69 Å². The molecule has 0 N–H and O–H groups in total. The van der Waals surface area contributed by atoms with Crippen molar-refractivity contribution in [3.8, 4) is 0 Å².